The Morgan fingerprint density at radius 3 is 2.52 bits per heavy atom. The zero-order valence-corrected chi connectivity index (χ0v) is 14.9. The number of primary amides is 1. The fourth-order valence-electron chi connectivity index (χ4n) is 3.00. The fourth-order valence-corrected chi connectivity index (χ4v) is 3.23. The summed E-state index contributed by atoms with van der Waals surface area (Å²) >= 11 is 6.17. The quantitative estimate of drug-likeness (QED) is 0.500. The maximum absolute atomic E-state index is 11.3. The molecule has 4 aromatic rings. The second-order valence-electron chi connectivity index (χ2n) is 6.23. The third-order valence-corrected chi connectivity index (χ3v) is 4.81. The largest absolute Gasteiger partial charge is 0.384 e. The molecule has 0 spiro atoms. The van der Waals surface area contributed by atoms with Crippen molar-refractivity contribution in [2.45, 2.75) is 6.10 Å². The number of carbonyl (C=O) groups excluding carboxylic acids is 1. The number of aliphatic hydroxyl groups excluding tert-OH is 1. The van der Waals surface area contributed by atoms with Crippen LogP contribution in [0.25, 0.3) is 22.4 Å². The molecule has 0 saturated heterocycles. The van der Waals surface area contributed by atoms with Gasteiger partial charge < -0.3 is 15.8 Å². The van der Waals surface area contributed by atoms with E-state index in [-0.39, 0.29) is 0 Å². The minimum Gasteiger partial charge on any atom is -0.384 e. The van der Waals surface area contributed by atoms with Crippen molar-refractivity contribution < 1.29 is 9.90 Å². The van der Waals surface area contributed by atoms with E-state index in [2.05, 4.69) is 9.97 Å². The molecule has 0 aliphatic heterocycles. The molecule has 0 saturated carbocycles. The third kappa shape index (κ3) is 3.30. The molecule has 3 aromatic carbocycles. The summed E-state index contributed by atoms with van der Waals surface area (Å²) in [6, 6.07) is 19.8. The first kappa shape index (κ1) is 17.3. The van der Waals surface area contributed by atoms with Crippen molar-refractivity contribution in [3.8, 4) is 11.4 Å². The Bertz CT molecular complexity index is 1140. The first-order chi connectivity index (χ1) is 13.0. The molecule has 4 N–H and O–H groups in total. The molecular formula is C21H16ClN3O2. The minimum absolute atomic E-state index is 0.416. The van der Waals surface area contributed by atoms with Crippen molar-refractivity contribution >= 4 is 28.5 Å². The van der Waals surface area contributed by atoms with E-state index < -0.39 is 12.0 Å². The summed E-state index contributed by atoms with van der Waals surface area (Å²) in [5, 5.41) is 11.1. The fraction of sp³-hybridized carbons (Fsp3) is 0.0476. The molecule has 0 aliphatic carbocycles. The molecule has 0 fully saturated rings. The Labute approximate surface area is 160 Å². The van der Waals surface area contributed by atoms with Crippen LogP contribution in [-0.4, -0.2) is 21.0 Å². The zero-order valence-electron chi connectivity index (χ0n) is 14.2. The summed E-state index contributed by atoms with van der Waals surface area (Å²) in [5.74, 6) is 0.185. The van der Waals surface area contributed by atoms with Crippen LogP contribution in [0.5, 0.6) is 0 Å². The van der Waals surface area contributed by atoms with Gasteiger partial charge in [0.05, 0.1) is 11.0 Å². The lowest BCUT2D eigenvalue weighted by Crippen LogP contribution is -2.10. The van der Waals surface area contributed by atoms with Crippen molar-refractivity contribution in [1.29, 1.82) is 0 Å². The molecule has 0 bridgehead atoms. The number of hydrogen-bond donors (Lipinski definition) is 3. The van der Waals surface area contributed by atoms with Gasteiger partial charge in [0.1, 0.15) is 11.9 Å². The Hall–Kier alpha value is -3.15. The number of nitrogens with zero attached hydrogens (tertiary/aromatic N) is 1. The molecule has 1 unspecified atom stereocenters. The van der Waals surface area contributed by atoms with Crippen molar-refractivity contribution in [2.24, 2.45) is 5.73 Å². The summed E-state index contributed by atoms with van der Waals surface area (Å²) in [4.78, 5) is 19.1. The summed E-state index contributed by atoms with van der Waals surface area (Å²) in [6.07, 6.45) is -0.804. The van der Waals surface area contributed by atoms with Gasteiger partial charge in [-0.25, -0.2) is 4.98 Å². The number of benzene rings is 3. The van der Waals surface area contributed by atoms with Crippen LogP contribution < -0.4 is 5.73 Å². The van der Waals surface area contributed by atoms with Crippen molar-refractivity contribution in [3.63, 3.8) is 0 Å². The Morgan fingerprint density at radius 2 is 1.81 bits per heavy atom. The Morgan fingerprint density at radius 1 is 1.07 bits per heavy atom. The maximum Gasteiger partial charge on any atom is 0.248 e. The number of aromatic amines is 1. The number of carbonyl (C=O) groups is 1. The highest BCUT2D eigenvalue weighted by Crippen LogP contribution is 2.29. The van der Waals surface area contributed by atoms with E-state index >= 15 is 0 Å². The predicted molar refractivity (Wildman–Crippen MR) is 106 cm³/mol. The van der Waals surface area contributed by atoms with Gasteiger partial charge in [-0.05, 0) is 29.8 Å². The first-order valence-corrected chi connectivity index (χ1v) is 8.73. The second kappa shape index (κ2) is 6.87. The van der Waals surface area contributed by atoms with Crippen LogP contribution in [0.4, 0.5) is 0 Å². The number of hydrogen-bond acceptors (Lipinski definition) is 3. The smallest absolute Gasteiger partial charge is 0.248 e. The molecule has 134 valence electrons. The molecule has 0 radical (unpaired) electrons. The molecule has 1 aromatic heterocycles. The standard InChI is InChI=1S/C21H16ClN3O2/c22-16-4-2-1-3-15(16)19(26)12-5-7-13(8-6-12)21-24-17-10-9-14(20(23)27)11-18(17)25-21/h1-11,19,26H,(H2,23,27)(H,24,25). The molecule has 5 nitrogen and oxygen atoms in total. The van der Waals surface area contributed by atoms with Crippen LogP contribution in [0, 0.1) is 0 Å². The van der Waals surface area contributed by atoms with Gasteiger partial charge in [-0.2, -0.15) is 0 Å². The molecule has 1 atom stereocenters. The molecule has 6 heteroatoms. The lowest BCUT2D eigenvalue weighted by atomic mass is 10.0. The molecule has 27 heavy (non-hydrogen) atoms. The number of amides is 1. The Kier molecular flexibility index (Phi) is 4.39. The van der Waals surface area contributed by atoms with Crippen LogP contribution in [0.2, 0.25) is 5.02 Å². The van der Waals surface area contributed by atoms with Crippen LogP contribution >= 0.6 is 11.6 Å². The van der Waals surface area contributed by atoms with Crippen LogP contribution in [0.1, 0.15) is 27.6 Å². The van der Waals surface area contributed by atoms with Crippen molar-refractivity contribution in [3.05, 3.63) is 88.4 Å². The number of rotatable bonds is 4. The summed E-state index contributed by atoms with van der Waals surface area (Å²) in [5.41, 5.74) is 9.47. The van der Waals surface area contributed by atoms with Gasteiger partial charge in [0.15, 0.2) is 0 Å². The number of nitrogens with one attached hydrogen (secondary N) is 1. The van der Waals surface area contributed by atoms with E-state index in [4.69, 9.17) is 17.3 Å². The number of fused-ring (bicyclic) bond motifs is 1. The summed E-state index contributed by atoms with van der Waals surface area (Å²) in [7, 11) is 0. The molecule has 1 amide bonds. The SMILES string of the molecule is NC(=O)c1ccc2[nH]c(-c3ccc(C(O)c4ccccc4Cl)cc3)nc2c1. The van der Waals surface area contributed by atoms with E-state index in [9.17, 15) is 9.90 Å². The molecular weight excluding hydrogens is 362 g/mol. The van der Waals surface area contributed by atoms with Crippen LogP contribution in [0.3, 0.4) is 0 Å². The number of nitrogens with two attached hydrogens (primary N) is 1. The van der Waals surface area contributed by atoms with Gasteiger partial charge in [-0.1, -0.05) is 54.1 Å². The highest BCUT2D eigenvalue weighted by atomic mass is 35.5. The van der Waals surface area contributed by atoms with Gasteiger partial charge in [0, 0.05) is 21.7 Å². The maximum atomic E-state index is 11.3. The summed E-state index contributed by atoms with van der Waals surface area (Å²) < 4.78 is 0. The minimum atomic E-state index is -0.804. The van der Waals surface area contributed by atoms with Gasteiger partial charge in [0.2, 0.25) is 5.91 Å². The van der Waals surface area contributed by atoms with E-state index in [0.29, 0.717) is 27.5 Å². The monoisotopic (exact) mass is 377 g/mol. The lowest BCUT2D eigenvalue weighted by Gasteiger charge is -2.13. The average Bonchev–Trinajstić information content (AvgIpc) is 3.11. The topological polar surface area (TPSA) is 92.0 Å². The van der Waals surface area contributed by atoms with E-state index in [1.54, 1.807) is 30.3 Å². The van der Waals surface area contributed by atoms with E-state index in [1.165, 1.54) is 0 Å². The van der Waals surface area contributed by atoms with Gasteiger partial charge in [0.25, 0.3) is 0 Å². The predicted octanol–water partition coefficient (Wildman–Crippen LogP) is 4.06. The third-order valence-electron chi connectivity index (χ3n) is 4.47. The highest BCUT2D eigenvalue weighted by molar-refractivity contribution is 6.31. The van der Waals surface area contributed by atoms with E-state index in [1.807, 2.05) is 36.4 Å². The highest BCUT2D eigenvalue weighted by Gasteiger charge is 2.14. The number of aliphatic hydroxyl groups is 1. The van der Waals surface area contributed by atoms with Gasteiger partial charge in [-0.15, -0.1) is 0 Å². The second-order valence-corrected chi connectivity index (χ2v) is 6.63. The van der Waals surface area contributed by atoms with Crippen molar-refractivity contribution in [1.82, 2.24) is 9.97 Å². The number of halogens is 1. The number of H-pyrrole nitrogens is 1. The molecule has 4 rings (SSSR count). The van der Waals surface area contributed by atoms with Crippen LogP contribution in [-0.2, 0) is 0 Å². The number of aromatic nitrogens is 2. The molecule has 1 heterocycles. The number of imidazole rings is 1. The average molecular weight is 378 g/mol. The molecule has 0 aliphatic rings. The summed E-state index contributed by atoms with van der Waals surface area (Å²) in [6.45, 7) is 0. The normalized spacial score (nSPS) is 12.2. The zero-order chi connectivity index (χ0) is 19.0. The first-order valence-electron chi connectivity index (χ1n) is 8.35. The van der Waals surface area contributed by atoms with Crippen LogP contribution in [0.15, 0.2) is 66.7 Å². The lowest BCUT2D eigenvalue weighted by molar-refractivity contribution is 0.100. The Balaban J connectivity index is 1.65. The van der Waals surface area contributed by atoms with Gasteiger partial charge in [-0.3, -0.25) is 4.79 Å². The van der Waals surface area contributed by atoms with Gasteiger partial charge >= 0.3 is 0 Å². The van der Waals surface area contributed by atoms with E-state index in [0.717, 1.165) is 16.6 Å². The van der Waals surface area contributed by atoms with Crippen molar-refractivity contribution in [2.75, 3.05) is 0 Å².